The van der Waals surface area contributed by atoms with Crippen LogP contribution in [0.3, 0.4) is 0 Å². The zero-order chi connectivity index (χ0) is 25.6. The Morgan fingerprint density at radius 3 is 2.09 bits per heavy atom. The number of hydrogen-bond donors (Lipinski definition) is 1. The van der Waals surface area contributed by atoms with Crippen LogP contribution in [0.5, 0.6) is 5.75 Å². The third-order valence-corrected chi connectivity index (χ3v) is 7.51. The molecule has 0 aliphatic rings. The van der Waals surface area contributed by atoms with Crippen LogP contribution in [0.15, 0.2) is 41.3 Å². The fourth-order valence-electron chi connectivity index (χ4n) is 3.65. The molecule has 2 aromatic rings. The van der Waals surface area contributed by atoms with Gasteiger partial charge in [0.2, 0.25) is 10.0 Å². The molecule has 1 N–H and O–H groups in total. The van der Waals surface area contributed by atoms with Crippen LogP contribution in [0.1, 0.15) is 64.5 Å². The number of nitro benzene ring substituents is 1. The number of hydrogen-bond acceptors (Lipinski definition) is 6. The number of ether oxygens (including phenoxy) is 1. The van der Waals surface area contributed by atoms with E-state index >= 15 is 0 Å². The first-order valence-electron chi connectivity index (χ1n) is 11.3. The van der Waals surface area contributed by atoms with Gasteiger partial charge in [-0.2, -0.15) is 4.31 Å². The van der Waals surface area contributed by atoms with Crippen molar-refractivity contribution in [1.82, 2.24) is 4.31 Å². The fourth-order valence-corrected chi connectivity index (χ4v) is 5.13. The maximum absolute atomic E-state index is 12.7. The van der Waals surface area contributed by atoms with E-state index in [0.29, 0.717) is 0 Å². The SMILES string of the molecule is CCN(CC)S(=O)(=O)c1ccc(OCC(=O)Nc2c(C(C)C)cccc2C(C)C)c([N+](=O)[O-])c1. The molecule has 10 heteroatoms. The Labute approximate surface area is 201 Å². The number of anilines is 1. The first-order valence-corrected chi connectivity index (χ1v) is 12.7. The minimum Gasteiger partial charge on any atom is -0.477 e. The summed E-state index contributed by atoms with van der Waals surface area (Å²) in [6.45, 7) is 11.5. The van der Waals surface area contributed by atoms with Gasteiger partial charge in [-0.3, -0.25) is 14.9 Å². The summed E-state index contributed by atoms with van der Waals surface area (Å²) in [6.07, 6.45) is 0. The van der Waals surface area contributed by atoms with Gasteiger partial charge in [-0.1, -0.05) is 59.7 Å². The molecule has 0 saturated heterocycles. The summed E-state index contributed by atoms with van der Waals surface area (Å²) in [5.74, 6) is -0.295. The average molecular weight is 492 g/mol. The van der Waals surface area contributed by atoms with Crippen molar-refractivity contribution in [1.29, 1.82) is 0 Å². The second-order valence-corrected chi connectivity index (χ2v) is 10.4. The van der Waals surface area contributed by atoms with Gasteiger partial charge in [0.1, 0.15) is 0 Å². The van der Waals surface area contributed by atoms with E-state index in [1.807, 2.05) is 45.9 Å². The molecule has 0 aromatic heterocycles. The van der Waals surface area contributed by atoms with Crippen LogP contribution >= 0.6 is 0 Å². The van der Waals surface area contributed by atoms with Crippen LogP contribution in [-0.2, 0) is 14.8 Å². The van der Waals surface area contributed by atoms with Crippen molar-refractivity contribution >= 4 is 27.3 Å². The standard InChI is InChI=1S/C24H33N3O6S/c1-7-26(8-2)34(31,32)18-12-13-22(21(14-18)27(29)30)33-15-23(28)25-24-19(16(3)4)10-9-11-20(24)17(5)6/h9-14,16-17H,7-8,15H2,1-6H3,(H,25,28). The van der Waals surface area contributed by atoms with E-state index < -0.39 is 33.1 Å². The first-order chi connectivity index (χ1) is 15.9. The van der Waals surface area contributed by atoms with Crippen molar-refractivity contribution in [3.05, 3.63) is 57.6 Å². The van der Waals surface area contributed by atoms with E-state index in [-0.39, 0.29) is 35.6 Å². The van der Waals surface area contributed by atoms with Gasteiger partial charge < -0.3 is 10.1 Å². The van der Waals surface area contributed by atoms with Crippen LogP contribution in [0.2, 0.25) is 0 Å². The molecule has 0 fully saturated rings. The molecule has 0 aliphatic heterocycles. The Kier molecular flexibility index (Phi) is 9.17. The predicted octanol–water partition coefficient (Wildman–Crippen LogP) is 4.89. The van der Waals surface area contributed by atoms with E-state index in [1.54, 1.807) is 13.8 Å². The van der Waals surface area contributed by atoms with Gasteiger partial charge in [0.05, 0.1) is 9.82 Å². The molecule has 0 saturated carbocycles. The van der Waals surface area contributed by atoms with Gasteiger partial charge in [-0.15, -0.1) is 0 Å². The van der Waals surface area contributed by atoms with Crippen molar-refractivity contribution in [2.24, 2.45) is 0 Å². The number of carbonyl (C=O) groups excluding carboxylic acids is 1. The molecular weight excluding hydrogens is 458 g/mol. The molecule has 0 bridgehead atoms. The highest BCUT2D eigenvalue weighted by atomic mass is 32.2. The second kappa shape index (κ2) is 11.4. The summed E-state index contributed by atoms with van der Waals surface area (Å²) in [6, 6.07) is 9.28. The van der Waals surface area contributed by atoms with Gasteiger partial charge in [0.25, 0.3) is 5.91 Å². The van der Waals surface area contributed by atoms with E-state index in [0.717, 1.165) is 22.9 Å². The lowest BCUT2D eigenvalue weighted by atomic mass is 9.92. The number of amides is 1. The Bertz CT molecular complexity index is 1120. The van der Waals surface area contributed by atoms with E-state index in [4.69, 9.17) is 4.74 Å². The molecule has 0 radical (unpaired) electrons. The quantitative estimate of drug-likeness (QED) is 0.353. The first kappa shape index (κ1) is 27.3. The minimum absolute atomic E-state index is 0.177. The summed E-state index contributed by atoms with van der Waals surface area (Å²) in [7, 11) is -3.88. The van der Waals surface area contributed by atoms with Crippen molar-refractivity contribution < 1.29 is 22.9 Å². The van der Waals surface area contributed by atoms with Crippen molar-refractivity contribution in [3.8, 4) is 5.75 Å². The third-order valence-electron chi connectivity index (χ3n) is 5.47. The molecule has 186 valence electrons. The van der Waals surface area contributed by atoms with E-state index in [2.05, 4.69) is 5.32 Å². The number of sulfonamides is 1. The molecule has 0 spiro atoms. The normalized spacial score (nSPS) is 11.8. The molecular formula is C24H33N3O6S. The van der Waals surface area contributed by atoms with E-state index in [9.17, 15) is 23.3 Å². The number of carbonyl (C=O) groups is 1. The average Bonchev–Trinajstić information content (AvgIpc) is 2.77. The highest BCUT2D eigenvalue weighted by Gasteiger charge is 2.26. The van der Waals surface area contributed by atoms with Gasteiger partial charge in [0, 0.05) is 24.8 Å². The summed E-state index contributed by atoms with van der Waals surface area (Å²) in [4.78, 5) is 23.4. The number of nitrogens with zero attached hydrogens (tertiary/aromatic N) is 2. The third kappa shape index (κ3) is 6.12. The highest BCUT2D eigenvalue weighted by Crippen LogP contribution is 2.33. The lowest BCUT2D eigenvalue weighted by Gasteiger charge is -2.20. The van der Waals surface area contributed by atoms with Crippen molar-refractivity contribution in [3.63, 3.8) is 0 Å². The van der Waals surface area contributed by atoms with Crippen LogP contribution < -0.4 is 10.1 Å². The largest absolute Gasteiger partial charge is 0.477 e. The van der Waals surface area contributed by atoms with Crippen molar-refractivity contribution in [2.75, 3.05) is 25.0 Å². The summed E-state index contributed by atoms with van der Waals surface area (Å²) < 4.78 is 32.1. The molecule has 9 nitrogen and oxygen atoms in total. The molecule has 2 rings (SSSR count). The number of benzene rings is 2. The minimum atomic E-state index is -3.88. The molecule has 0 aliphatic carbocycles. The molecule has 34 heavy (non-hydrogen) atoms. The summed E-state index contributed by atoms with van der Waals surface area (Å²) in [5, 5.41) is 14.5. The Hall–Kier alpha value is -2.98. The maximum Gasteiger partial charge on any atom is 0.312 e. The number of nitrogens with one attached hydrogen (secondary N) is 1. The van der Waals surface area contributed by atoms with Gasteiger partial charge in [0.15, 0.2) is 12.4 Å². The van der Waals surface area contributed by atoms with Crippen LogP contribution in [0.25, 0.3) is 0 Å². The maximum atomic E-state index is 12.7. The zero-order valence-corrected chi connectivity index (χ0v) is 21.3. The Morgan fingerprint density at radius 2 is 1.62 bits per heavy atom. The Balaban J connectivity index is 2.28. The van der Waals surface area contributed by atoms with Crippen molar-refractivity contribution in [2.45, 2.75) is 58.3 Å². The van der Waals surface area contributed by atoms with Gasteiger partial charge in [-0.25, -0.2) is 8.42 Å². The zero-order valence-electron chi connectivity index (χ0n) is 20.5. The molecule has 0 heterocycles. The van der Waals surface area contributed by atoms with Gasteiger partial charge >= 0.3 is 5.69 Å². The fraction of sp³-hybridized carbons (Fsp3) is 0.458. The predicted molar refractivity (Wildman–Crippen MR) is 132 cm³/mol. The molecule has 2 aromatic carbocycles. The topological polar surface area (TPSA) is 119 Å². The number of para-hydroxylation sites is 1. The summed E-state index contributed by atoms with van der Waals surface area (Å²) >= 11 is 0. The summed E-state index contributed by atoms with van der Waals surface area (Å²) in [5.41, 5.74) is 2.16. The number of rotatable bonds is 11. The Morgan fingerprint density at radius 1 is 1.06 bits per heavy atom. The molecule has 1 amide bonds. The monoisotopic (exact) mass is 491 g/mol. The lowest BCUT2D eigenvalue weighted by molar-refractivity contribution is -0.386. The van der Waals surface area contributed by atoms with Crippen LogP contribution in [0, 0.1) is 10.1 Å². The van der Waals surface area contributed by atoms with Gasteiger partial charge in [-0.05, 0) is 35.1 Å². The molecule has 0 atom stereocenters. The molecule has 0 unspecified atom stereocenters. The number of nitro groups is 1. The lowest BCUT2D eigenvalue weighted by Crippen LogP contribution is -2.30. The van der Waals surface area contributed by atoms with Crippen LogP contribution in [-0.4, -0.2) is 43.2 Å². The second-order valence-electron chi connectivity index (χ2n) is 8.43. The smallest absolute Gasteiger partial charge is 0.312 e. The van der Waals surface area contributed by atoms with E-state index in [1.165, 1.54) is 16.4 Å². The van der Waals surface area contributed by atoms with Crippen LogP contribution in [0.4, 0.5) is 11.4 Å². The highest BCUT2D eigenvalue weighted by molar-refractivity contribution is 7.89.